The van der Waals surface area contributed by atoms with Crippen LogP contribution in [0.4, 0.5) is 0 Å². The van der Waals surface area contributed by atoms with Crippen LogP contribution < -0.4 is 4.74 Å². The third kappa shape index (κ3) is 2.39. The lowest BCUT2D eigenvalue weighted by Gasteiger charge is -2.07. The first-order valence-electron chi connectivity index (χ1n) is 5.23. The first kappa shape index (κ1) is 11.9. The minimum absolute atomic E-state index is 0.0905. The number of nitrogens with zero attached hydrogens (tertiary/aromatic N) is 1. The summed E-state index contributed by atoms with van der Waals surface area (Å²) >= 11 is 6.25. The number of carbonyl (C=O) groups excluding carboxylic acids is 1. The van der Waals surface area contributed by atoms with E-state index in [9.17, 15) is 4.79 Å². The number of hydrogen-bond donors (Lipinski definition) is 0. The van der Waals surface area contributed by atoms with E-state index in [0.29, 0.717) is 17.3 Å². The molecule has 0 saturated carbocycles. The Labute approximate surface area is 104 Å². The summed E-state index contributed by atoms with van der Waals surface area (Å²) in [5, 5.41) is 1.43. The number of ketones is 1. The van der Waals surface area contributed by atoms with Gasteiger partial charge in [-0.3, -0.25) is 4.79 Å². The minimum atomic E-state index is 0.0905. The van der Waals surface area contributed by atoms with Crippen LogP contribution in [0, 0.1) is 0 Å². The fraction of sp³-hybridized carbons (Fsp3) is 0.231. The molecule has 0 amide bonds. The normalized spacial score (nSPS) is 10.5. The van der Waals surface area contributed by atoms with Gasteiger partial charge in [0.1, 0.15) is 5.78 Å². The molecule has 0 aliphatic rings. The number of methoxy groups -OCH3 is 1. The highest BCUT2D eigenvalue weighted by atomic mass is 35.5. The second-order valence-corrected chi connectivity index (χ2v) is 4.22. The van der Waals surface area contributed by atoms with E-state index in [0.717, 1.165) is 16.5 Å². The Hall–Kier alpha value is -1.61. The fourth-order valence-electron chi connectivity index (χ4n) is 1.71. The van der Waals surface area contributed by atoms with Crippen LogP contribution >= 0.6 is 11.6 Å². The van der Waals surface area contributed by atoms with Gasteiger partial charge in [0.15, 0.2) is 0 Å². The molecule has 0 aliphatic heterocycles. The maximum Gasteiger partial charge on any atom is 0.213 e. The van der Waals surface area contributed by atoms with Crippen molar-refractivity contribution in [3.63, 3.8) is 0 Å². The number of carbonyl (C=O) groups is 1. The molecule has 0 radical (unpaired) electrons. The third-order valence-electron chi connectivity index (χ3n) is 2.51. The number of ether oxygens (including phenoxy) is 1. The van der Waals surface area contributed by atoms with Gasteiger partial charge in [0.05, 0.1) is 17.6 Å². The van der Waals surface area contributed by atoms with Crippen LogP contribution in [0.3, 0.4) is 0 Å². The largest absolute Gasteiger partial charge is 0.481 e. The predicted molar refractivity (Wildman–Crippen MR) is 67.7 cm³/mol. The summed E-state index contributed by atoms with van der Waals surface area (Å²) < 4.78 is 5.05. The second kappa shape index (κ2) is 4.72. The molecule has 0 N–H and O–H groups in total. The van der Waals surface area contributed by atoms with Crippen molar-refractivity contribution in [2.45, 2.75) is 13.3 Å². The molecule has 17 heavy (non-hydrogen) atoms. The highest BCUT2D eigenvalue weighted by Crippen LogP contribution is 2.28. The number of pyridine rings is 1. The van der Waals surface area contributed by atoms with Crippen LogP contribution in [0.15, 0.2) is 24.3 Å². The Kier molecular flexibility index (Phi) is 3.29. The molecule has 1 aromatic heterocycles. The van der Waals surface area contributed by atoms with Gasteiger partial charge in [0, 0.05) is 17.9 Å². The SMILES string of the molecule is COc1ccc2c(Cl)c(CC(C)=O)ccc2n1. The highest BCUT2D eigenvalue weighted by Gasteiger charge is 2.08. The molecule has 2 aromatic rings. The van der Waals surface area contributed by atoms with Crippen molar-refractivity contribution in [3.8, 4) is 5.88 Å². The van der Waals surface area contributed by atoms with Gasteiger partial charge in [-0.1, -0.05) is 17.7 Å². The van der Waals surface area contributed by atoms with Crippen molar-refractivity contribution < 1.29 is 9.53 Å². The zero-order valence-electron chi connectivity index (χ0n) is 9.66. The van der Waals surface area contributed by atoms with Gasteiger partial charge in [0.2, 0.25) is 5.88 Å². The zero-order chi connectivity index (χ0) is 12.4. The summed E-state index contributed by atoms with van der Waals surface area (Å²) in [5.41, 5.74) is 1.60. The number of hydrogen-bond acceptors (Lipinski definition) is 3. The molecule has 3 nitrogen and oxygen atoms in total. The van der Waals surface area contributed by atoms with Crippen molar-refractivity contribution >= 4 is 28.3 Å². The summed E-state index contributed by atoms with van der Waals surface area (Å²) in [5.74, 6) is 0.639. The lowest BCUT2D eigenvalue weighted by atomic mass is 10.1. The van der Waals surface area contributed by atoms with Crippen LogP contribution in [0.1, 0.15) is 12.5 Å². The molecule has 2 rings (SSSR count). The molecule has 0 bridgehead atoms. The van der Waals surface area contributed by atoms with Crippen molar-refractivity contribution in [2.75, 3.05) is 7.11 Å². The lowest BCUT2D eigenvalue weighted by molar-refractivity contribution is -0.116. The van der Waals surface area contributed by atoms with Crippen LogP contribution in [0.25, 0.3) is 10.9 Å². The standard InChI is InChI=1S/C13H12ClNO2/c1-8(16)7-9-3-5-11-10(13(9)14)4-6-12(15-11)17-2/h3-6H,7H2,1-2H3. The van der Waals surface area contributed by atoms with E-state index in [1.165, 1.54) is 0 Å². The highest BCUT2D eigenvalue weighted by molar-refractivity contribution is 6.36. The van der Waals surface area contributed by atoms with Gasteiger partial charge >= 0.3 is 0 Å². The number of benzene rings is 1. The Morgan fingerprint density at radius 2 is 2.12 bits per heavy atom. The van der Waals surface area contributed by atoms with Gasteiger partial charge in [-0.25, -0.2) is 4.98 Å². The third-order valence-corrected chi connectivity index (χ3v) is 2.95. The van der Waals surface area contributed by atoms with Gasteiger partial charge < -0.3 is 4.74 Å². The summed E-state index contributed by atoms with van der Waals surface area (Å²) in [7, 11) is 1.57. The molecular formula is C13H12ClNO2. The lowest BCUT2D eigenvalue weighted by Crippen LogP contribution is -1.98. The maximum absolute atomic E-state index is 11.1. The van der Waals surface area contributed by atoms with E-state index in [1.54, 1.807) is 20.1 Å². The van der Waals surface area contributed by atoms with E-state index >= 15 is 0 Å². The van der Waals surface area contributed by atoms with Crippen LogP contribution in [0.2, 0.25) is 5.02 Å². The second-order valence-electron chi connectivity index (χ2n) is 3.84. The molecule has 0 saturated heterocycles. The van der Waals surface area contributed by atoms with Crippen LogP contribution in [-0.4, -0.2) is 17.9 Å². The monoisotopic (exact) mass is 249 g/mol. The van der Waals surface area contributed by atoms with Crippen molar-refractivity contribution in [1.82, 2.24) is 4.98 Å². The first-order valence-corrected chi connectivity index (χ1v) is 5.61. The van der Waals surface area contributed by atoms with Crippen LogP contribution in [-0.2, 0) is 11.2 Å². The van der Waals surface area contributed by atoms with Crippen LogP contribution in [0.5, 0.6) is 5.88 Å². The average Bonchev–Trinajstić information content (AvgIpc) is 2.32. The molecule has 0 unspecified atom stereocenters. The smallest absolute Gasteiger partial charge is 0.213 e. The van der Waals surface area contributed by atoms with E-state index in [1.807, 2.05) is 18.2 Å². The zero-order valence-corrected chi connectivity index (χ0v) is 10.4. The van der Waals surface area contributed by atoms with E-state index in [2.05, 4.69) is 4.98 Å². The average molecular weight is 250 g/mol. The predicted octanol–water partition coefficient (Wildman–Crippen LogP) is 3.03. The fourth-order valence-corrected chi connectivity index (χ4v) is 2.00. The maximum atomic E-state index is 11.1. The summed E-state index contributed by atoms with van der Waals surface area (Å²) in [6, 6.07) is 7.29. The topological polar surface area (TPSA) is 39.2 Å². The molecular weight excluding hydrogens is 238 g/mol. The van der Waals surface area contributed by atoms with E-state index in [4.69, 9.17) is 16.3 Å². The first-order chi connectivity index (χ1) is 8.11. The minimum Gasteiger partial charge on any atom is -0.481 e. The molecule has 0 aliphatic carbocycles. The number of halogens is 1. The van der Waals surface area contributed by atoms with Gasteiger partial charge in [-0.2, -0.15) is 0 Å². The molecule has 4 heteroatoms. The van der Waals surface area contributed by atoms with Crippen molar-refractivity contribution in [1.29, 1.82) is 0 Å². The molecule has 0 atom stereocenters. The summed E-state index contributed by atoms with van der Waals surface area (Å²) in [4.78, 5) is 15.4. The van der Waals surface area contributed by atoms with E-state index < -0.39 is 0 Å². The molecule has 0 spiro atoms. The Morgan fingerprint density at radius 3 is 2.76 bits per heavy atom. The van der Waals surface area contributed by atoms with Crippen molar-refractivity contribution in [3.05, 3.63) is 34.9 Å². The molecule has 88 valence electrons. The quantitative estimate of drug-likeness (QED) is 0.839. The van der Waals surface area contributed by atoms with Crippen molar-refractivity contribution in [2.24, 2.45) is 0 Å². The Morgan fingerprint density at radius 1 is 1.35 bits per heavy atom. The van der Waals surface area contributed by atoms with Gasteiger partial charge in [0.25, 0.3) is 0 Å². The van der Waals surface area contributed by atoms with Gasteiger partial charge in [-0.15, -0.1) is 0 Å². The number of Topliss-reactive ketones (excluding diaryl/α,β-unsaturated/α-hetero) is 1. The van der Waals surface area contributed by atoms with Gasteiger partial charge in [-0.05, 0) is 24.6 Å². The number of aromatic nitrogens is 1. The number of rotatable bonds is 3. The Bertz CT molecular complexity index is 581. The van der Waals surface area contributed by atoms with E-state index in [-0.39, 0.29) is 5.78 Å². The Balaban J connectivity index is 2.56. The summed E-state index contributed by atoms with van der Waals surface area (Å²) in [6.07, 6.45) is 0.348. The molecule has 1 aromatic carbocycles. The molecule has 1 heterocycles. The summed E-state index contributed by atoms with van der Waals surface area (Å²) in [6.45, 7) is 1.55. The molecule has 0 fully saturated rings. The number of fused-ring (bicyclic) bond motifs is 1.